The fourth-order valence-electron chi connectivity index (χ4n) is 2.99. The predicted molar refractivity (Wildman–Crippen MR) is 128 cm³/mol. The molecule has 0 aromatic heterocycles. The number of ether oxygens (including phenoxy) is 2. The molecule has 0 spiro atoms. The maximum absolute atomic E-state index is 12.7. The Kier molecular flexibility index (Phi) is 8.19. The van der Waals surface area contributed by atoms with Crippen LogP contribution in [0.4, 0.5) is 10.5 Å². The van der Waals surface area contributed by atoms with Gasteiger partial charge >= 0.3 is 5.97 Å². The largest absolute Gasteiger partial charge is 0.504 e. The number of benzene rings is 2. The van der Waals surface area contributed by atoms with Gasteiger partial charge in [-0.05, 0) is 67.6 Å². The lowest BCUT2D eigenvalue weighted by Crippen LogP contribution is -2.36. The molecule has 3 amide bonds. The maximum atomic E-state index is 12.7. The number of esters is 1. The second-order valence-corrected chi connectivity index (χ2v) is 8.29. The molecule has 0 aliphatic carbocycles. The third kappa shape index (κ3) is 5.89. The van der Waals surface area contributed by atoms with E-state index in [4.69, 9.17) is 21.1 Å². The molecular weight excluding hydrogens is 484 g/mol. The molecule has 1 saturated heterocycles. The molecule has 11 heteroatoms. The zero-order valence-corrected chi connectivity index (χ0v) is 19.9. The smallest absolute Gasteiger partial charge is 0.339 e. The lowest BCUT2D eigenvalue weighted by atomic mass is 10.2. The Bertz CT molecular complexity index is 1180. The van der Waals surface area contributed by atoms with Gasteiger partial charge < -0.3 is 19.9 Å². The zero-order valence-electron chi connectivity index (χ0n) is 18.3. The quantitative estimate of drug-likeness (QED) is 0.403. The number of nitrogens with zero attached hydrogens (tertiary/aromatic N) is 1. The second-order valence-electron chi connectivity index (χ2n) is 6.89. The van der Waals surface area contributed by atoms with Gasteiger partial charge in [0.1, 0.15) is 6.54 Å². The number of imide groups is 1. The van der Waals surface area contributed by atoms with Gasteiger partial charge in [-0.1, -0.05) is 17.7 Å². The Balaban J connectivity index is 1.70. The van der Waals surface area contributed by atoms with Gasteiger partial charge in [0.15, 0.2) is 11.5 Å². The minimum absolute atomic E-state index is 0.0444. The van der Waals surface area contributed by atoms with E-state index in [0.717, 1.165) is 4.90 Å². The lowest BCUT2D eigenvalue weighted by Gasteiger charge is -2.13. The fourth-order valence-corrected chi connectivity index (χ4v) is 4.02. The molecule has 2 aromatic rings. The van der Waals surface area contributed by atoms with Crippen molar-refractivity contribution in [3.63, 3.8) is 0 Å². The molecule has 1 aliphatic heterocycles. The van der Waals surface area contributed by atoms with E-state index in [-0.39, 0.29) is 39.3 Å². The second kappa shape index (κ2) is 11.1. The summed E-state index contributed by atoms with van der Waals surface area (Å²) in [6.45, 7) is 3.41. The molecule has 0 radical (unpaired) electrons. The van der Waals surface area contributed by atoms with E-state index in [1.54, 1.807) is 26.0 Å². The van der Waals surface area contributed by atoms with Gasteiger partial charge in [-0.15, -0.1) is 0 Å². The highest BCUT2D eigenvalue weighted by Crippen LogP contribution is 2.34. The molecule has 34 heavy (non-hydrogen) atoms. The fraction of sp³-hybridized carbons (Fsp3) is 0.217. The normalized spacial score (nSPS) is 14.4. The number of hydrogen-bond acceptors (Lipinski definition) is 8. The van der Waals surface area contributed by atoms with Crippen molar-refractivity contribution in [2.45, 2.75) is 13.8 Å². The topological polar surface area (TPSA) is 122 Å². The molecule has 1 fully saturated rings. The van der Waals surface area contributed by atoms with E-state index in [1.165, 1.54) is 30.3 Å². The molecular formula is C23H21ClN2O7S. The van der Waals surface area contributed by atoms with Crippen LogP contribution in [0.15, 0.2) is 41.3 Å². The van der Waals surface area contributed by atoms with E-state index in [9.17, 15) is 24.3 Å². The highest BCUT2D eigenvalue weighted by molar-refractivity contribution is 8.18. The van der Waals surface area contributed by atoms with Crippen molar-refractivity contribution in [3.05, 3.63) is 57.5 Å². The van der Waals surface area contributed by atoms with Crippen LogP contribution in [-0.4, -0.2) is 52.8 Å². The first-order chi connectivity index (χ1) is 16.2. The Morgan fingerprint density at radius 3 is 2.62 bits per heavy atom. The van der Waals surface area contributed by atoms with Crippen LogP contribution in [0.2, 0.25) is 5.02 Å². The van der Waals surface area contributed by atoms with E-state index >= 15 is 0 Å². The summed E-state index contributed by atoms with van der Waals surface area (Å²) in [5.41, 5.74) is 0.882. The molecule has 0 atom stereocenters. The Morgan fingerprint density at radius 1 is 1.15 bits per heavy atom. The summed E-state index contributed by atoms with van der Waals surface area (Å²) in [7, 11) is 0. The molecule has 0 unspecified atom stereocenters. The number of nitrogens with one attached hydrogen (secondary N) is 1. The van der Waals surface area contributed by atoms with Crippen molar-refractivity contribution in [1.29, 1.82) is 0 Å². The minimum Gasteiger partial charge on any atom is -0.504 e. The molecule has 3 rings (SSSR count). The number of rotatable bonds is 8. The Labute approximate surface area is 204 Å². The van der Waals surface area contributed by atoms with Gasteiger partial charge in [0.2, 0.25) is 5.91 Å². The molecule has 2 aromatic carbocycles. The van der Waals surface area contributed by atoms with Crippen LogP contribution in [0.25, 0.3) is 6.08 Å². The first-order valence-corrected chi connectivity index (χ1v) is 11.4. The van der Waals surface area contributed by atoms with Crippen LogP contribution >= 0.6 is 23.4 Å². The van der Waals surface area contributed by atoms with Gasteiger partial charge in [-0.2, -0.15) is 0 Å². The number of amides is 3. The number of halogens is 1. The highest BCUT2D eigenvalue weighted by Gasteiger charge is 2.36. The number of aromatic hydroxyl groups is 1. The van der Waals surface area contributed by atoms with Crippen molar-refractivity contribution in [1.82, 2.24) is 4.90 Å². The number of anilines is 1. The van der Waals surface area contributed by atoms with Crippen molar-refractivity contribution >= 4 is 58.1 Å². The summed E-state index contributed by atoms with van der Waals surface area (Å²) in [4.78, 5) is 50.5. The molecule has 178 valence electrons. The number of hydrogen-bond donors (Lipinski definition) is 2. The van der Waals surface area contributed by atoms with Crippen LogP contribution in [-0.2, 0) is 14.3 Å². The van der Waals surface area contributed by atoms with Crippen molar-refractivity contribution < 1.29 is 33.8 Å². The molecule has 0 saturated carbocycles. The van der Waals surface area contributed by atoms with Crippen LogP contribution in [0.5, 0.6) is 11.5 Å². The van der Waals surface area contributed by atoms with Gasteiger partial charge in [0, 0.05) is 5.69 Å². The predicted octanol–water partition coefficient (Wildman–Crippen LogP) is 4.30. The molecule has 2 N–H and O–H groups in total. The number of phenolic OH excluding ortho intramolecular Hbond substituents is 1. The van der Waals surface area contributed by atoms with Crippen molar-refractivity contribution in [3.8, 4) is 11.5 Å². The standard InChI is InChI=1S/C23H21ClN2O7S/c1-3-32-18-9-13(5-8-17(18)27)10-19-21(29)26(23(31)34-19)12-20(28)25-14-6-7-16(24)15(11-14)22(30)33-4-2/h5-11,27H,3-4,12H2,1-2H3,(H,25,28). The van der Waals surface area contributed by atoms with E-state index in [1.807, 2.05) is 0 Å². The van der Waals surface area contributed by atoms with E-state index in [0.29, 0.717) is 23.9 Å². The van der Waals surface area contributed by atoms with Crippen LogP contribution in [0.1, 0.15) is 29.8 Å². The number of carbonyl (C=O) groups is 4. The van der Waals surface area contributed by atoms with Crippen LogP contribution in [0.3, 0.4) is 0 Å². The summed E-state index contributed by atoms with van der Waals surface area (Å²) in [6.07, 6.45) is 1.48. The van der Waals surface area contributed by atoms with Gasteiger partial charge in [-0.25, -0.2) is 4.79 Å². The van der Waals surface area contributed by atoms with Gasteiger partial charge in [0.05, 0.1) is 28.7 Å². The lowest BCUT2D eigenvalue weighted by molar-refractivity contribution is -0.127. The number of phenols is 1. The van der Waals surface area contributed by atoms with Crippen LogP contribution in [0, 0.1) is 0 Å². The number of thioether (sulfide) groups is 1. The first-order valence-electron chi connectivity index (χ1n) is 10.2. The number of carbonyl (C=O) groups excluding carboxylic acids is 4. The third-order valence-electron chi connectivity index (χ3n) is 4.50. The summed E-state index contributed by atoms with van der Waals surface area (Å²) in [6, 6.07) is 8.80. The van der Waals surface area contributed by atoms with Gasteiger partial charge in [0.25, 0.3) is 11.1 Å². The maximum Gasteiger partial charge on any atom is 0.339 e. The summed E-state index contributed by atoms with van der Waals surface area (Å²) in [5, 5.41) is 11.9. The monoisotopic (exact) mass is 504 g/mol. The van der Waals surface area contributed by atoms with E-state index < -0.39 is 29.6 Å². The summed E-state index contributed by atoms with van der Waals surface area (Å²) < 4.78 is 10.3. The van der Waals surface area contributed by atoms with Crippen molar-refractivity contribution in [2.24, 2.45) is 0 Å². The first kappa shape index (κ1) is 25.1. The Morgan fingerprint density at radius 2 is 1.91 bits per heavy atom. The summed E-state index contributed by atoms with van der Waals surface area (Å²) in [5.74, 6) is -1.69. The molecule has 1 heterocycles. The average molecular weight is 505 g/mol. The zero-order chi connectivity index (χ0) is 24.8. The molecule has 9 nitrogen and oxygen atoms in total. The minimum atomic E-state index is -0.638. The van der Waals surface area contributed by atoms with Gasteiger partial charge in [-0.3, -0.25) is 19.3 Å². The van der Waals surface area contributed by atoms with E-state index in [2.05, 4.69) is 5.32 Å². The average Bonchev–Trinajstić information content (AvgIpc) is 3.05. The highest BCUT2D eigenvalue weighted by atomic mass is 35.5. The Hall–Kier alpha value is -3.50. The summed E-state index contributed by atoms with van der Waals surface area (Å²) >= 11 is 6.71. The third-order valence-corrected chi connectivity index (χ3v) is 5.74. The molecule has 1 aliphatic rings. The van der Waals surface area contributed by atoms with Crippen molar-refractivity contribution in [2.75, 3.05) is 25.1 Å². The molecule has 0 bridgehead atoms. The SMILES string of the molecule is CCOC(=O)c1cc(NC(=O)CN2C(=O)SC(=Cc3ccc(O)c(OCC)c3)C2=O)ccc1Cl. The van der Waals surface area contributed by atoms with Crippen LogP contribution < -0.4 is 10.1 Å².